The van der Waals surface area contributed by atoms with Crippen LogP contribution in [-0.2, 0) is 28.6 Å². The minimum atomic E-state index is -4.25. The average Bonchev–Trinajstić information content (AvgIpc) is 2.42. The first kappa shape index (κ1) is 34.3. The molecule has 134 valence electrons. The van der Waals surface area contributed by atoms with E-state index in [0.29, 0.717) is 0 Å². The molecule has 0 aliphatic heterocycles. The summed E-state index contributed by atoms with van der Waals surface area (Å²) in [6, 6.07) is 0. The van der Waals surface area contributed by atoms with Gasteiger partial charge in [0.25, 0.3) is 0 Å². The zero-order valence-corrected chi connectivity index (χ0v) is 18.3. The summed E-state index contributed by atoms with van der Waals surface area (Å²) in [6.45, 7) is 2.42. The van der Waals surface area contributed by atoms with E-state index in [9.17, 15) is 4.57 Å². The topological polar surface area (TPSA) is 66.8 Å². The second kappa shape index (κ2) is 25.7. The van der Waals surface area contributed by atoms with E-state index in [1.807, 2.05) is 0 Å². The largest absolute Gasteiger partial charge is 0 e. The average molecular weight is 436 g/mol. The summed E-state index contributed by atoms with van der Waals surface area (Å²) in [5.74, 6) is 0. The molecule has 0 radical (unpaired) electrons. The molecule has 0 saturated heterocycles. The summed E-state index contributed by atoms with van der Waals surface area (Å²) in [5.41, 5.74) is 0. The first-order chi connectivity index (χ1) is 10.1. The zero-order valence-electron chi connectivity index (χ0n) is 14.5. The minimum absolute atomic E-state index is 0. The van der Waals surface area contributed by atoms with Gasteiger partial charge in [-0.3, -0.25) is 4.52 Å². The Labute approximate surface area is 206 Å². The summed E-state index contributed by atoms with van der Waals surface area (Å²) in [4.78, 5) is 17.0. The van der Waals surface area contributed by atoms with Gasteiger partial charge < -0.3 is 9.79 Å². The van der Waals surface area contributed by atoms with Gasteiger partial charge in [-0.1, -0.05) is 90.4 Å². The van der Waals surface area contributed by atoms with Gasteiger partial charge in [-0.2, -0.15) is 0 Å². The van der Waals surface area contributed by atoms with Crippen molar-refractivity contribution in [1.82, 2.24) is 0 Å². The number of phosphoric ester groups is 1. The molecular formula is C16H37Na2O4PZn. The van der Waals surface area contributed by atoms with E-state index in [1.165, 1.54) is 70.6 Å². The number of hydrogen-bond acceptors (Lipinski definition) is 2. The first-order valence-electron chi connectivity index (χ1n) is 8.76. The molecule has 0 rings (SSSR count). The van der Waals surface area contributed by atoms with Crippen LogP contribution in [0.1, 0.15) is 96.8 Å². The summed E-state index contributed by atoms with van der Waals surface area (Å²) in [7, 11) is -4.25. The van der Waals surface area contributed by atoms with E-state index in [1.54, 1.807) is 0 Å². The fourth-order valence-corrected chi connectivity index (χ4v) is 2.85. The number of unbranched alkanes of at least 4 members (excludes halogenated alkanes) is 13. The molecule has 0 aromatic rings. The number of rotatable bonds is 16. The van der Waals surface area contributed by atoms with Crippen LogP contribution in [0.25, 0.3) is 0 Å². The fourth-order valence-electron chi connectivity index (χ4n) is 2.48. The van der Waals surface area contributed by atoms with Crippen LogP contribution in [0.15, 0.2) is 0 Å². The van der Waals surface area contributed by atoms with Gasteiger partial charge in [0.05, 0.1) is 6.61 Å². The van der Waals surface area contributed by atoms with Crippen LogP contribution in [0.3, 0.4) is 0 Å². The molecule has 0 aromatic heterocycles. The third-order valence-corrected chi connectivity index (χ3v) is 4.28. The van der Waals surface area contributed by atoms with Crippen LogP contribution in [0.2, 0.25) is 0 Å². The van der Waals surface area contributed by atoms with Gasteiger partial charge in [0.1, 0.15) is 0 Å². The van der Waals surface area contributed by atoms with Gasteiger partial charge in [0, 0.05) is 19.5 Å². The molecule has 0 fully saturated rings. The molecule has 0 aromatic carbocycles. The SMILES string of the molecule is CCCCCCCCCCCCCCCCOP(=O)(O)O.[NaH].[NaH].[Zn]. The fraction of sp³-hybridized carbons (Fsp3) is 1.00. The van der Waals surface area contributed by atoms with E-state index in [-0.39, 0.29) is 85.2 Å². The van der Waals surface area contributed by atoms with Crippen molar-refractivity contribution < 1.29 is 38.4 Å². The molecule has 2 N–H and O–H groups in total. The molecule has 0 aliphatic carbocycles. The molecule has 0 bridgehead atoms. The van der Waals surface area contributed by atoms with Crippen LogP contribution in [0.5, 0.6) is 0 Å². The van der Waals surface area contributed by atoms with Crippen LogP contribution in [-0.4, -0.2) is 75.5 Å². The third-order valence-electron chi connectivity index (χ3n) is 3.76. The number of phosphoric acid groups is 1. The van der Waals surface area contributed by atoms with Crippen molar-refractivity contribution >= 4 is 66.9 Å². The molecule has 0 aliphatic rings. The molecular weight excluding hydrogens is 399 g/mol. The summed E-state index contributed by atoms with van der Waals surface area (Å²) >= 11 is 0. The smallest absolute Gasteiger partial charge is 0 e. The van der Waals surface area contributed by atoms with Crippen LogP contribution >= 0.6 is 7.82 Å². The Morgan fingerprint density at radius 3 is 1.25 bits per heavy atom. The van der Waals surface area contributed by atoms with Crippen molar-refractivity contribution in [3.63, 3.8) is 0 Å². The first-order valence-corrected chi connectivity index (χ1v) is 10.3. The van der Waals surface area contributed by atoms with Crippen molar-refractivity contribution in [1.29, 1.82) is 0 Å². The Kier molecular flexibility index (Phi) is 36.7. The Morgan fingerprint density at radius 1 is 0.667 bits per heavy atom. The van der Waals surface area contributed by atoms with Crippen molar-refractivity contribution in [2.75, 3.05) is 6.61 Å². The molecule has 0 heterocycles. The zero-order chi connectivity index (χ0) is 15.8. The van der Waals surface area contributed by atoms with Crippen molar-refractivity contribution in [2.45, 2.75) is 96.8 Å². The van der Waals surface area contributed by atoms with Gasteiger partial charge >= 0.3 is 66.9 Å². The summed E-state index contributed by atoms with van der Waals surface area (Å²) < 4.78 is 14.8. The van der Waals surface area contributed by atoms with Crippen LogP contribution < -0.4 is 0 Å². The van der Waals surface area contributed by atoms with Gasteiger partial charge in [0.2, 0.25) is 0 Å². The Hall–Kier alpha value is 2.73. The van der Waals surface area contributed by atoms with E-state index in [0.717, 1.165) is 19.3 Å². The normalized spacial score (nSPS) is 10.5. The van der Waals surface area contributed by atoms with Gasteiger partial charge in [-0.05, 0) is 6.42 Å². The predicted octanol–water partition coefficient (Wildman–Crippen LogP) is 4.28. The van der Waals surface area contributed by atoms with Crippen LogP contribution in [0, 0.1) is 0 Å². The molecule has 0 atom stereocenters. The Bertz CT molecular complexity index is 268. The Balaban J connectivity index is -0.000000667. The number of hydrogen-bond donors (Lipinski definition) is 2. The molecule has 24 heavy (non-hydrogen) atoms. The third kappa shape index (κ3) is 32.4. The van der Waals surface area contributed by atoms with E-state index < -0.39 is 7.82 Å². The second-order valence-electron chi connectivity index (χ2n) is 5.92. The van der Waals surface area contributed by atoms with Crippen molar-refractivity contribution in [2.24, 2.45) is 0 Å². The second-order valence-corrected chi connectivity index (χ2v) is 7.16. The van der Waals surface area contributed by atoms with Gasteiger partial charge in [0.15, 0.2) is 0 Å². The minimum Gasteiger partial charge on any atom is 0 e. The van der Waals surface area contributed by atoms with Gasteiger partial charge in [-0.15, -0.1) is 0 Å². The summed E-state index contributed by atoms with van der Waals surface area (Å²) in [5, 5.41) is 0. The molecule has 8 heteroatoms. The monoisotopic (exact) mass is 434 g/mol. The quantitative estimate of drug-likeness (QED) is 0.216. The molecule has 0 unspecified atom stereocenters. The van der Waals surface area contributed by atoms with E-state index in [4.69, 9.17) is 9.79 Å². The molecule has 0 spiro atoms. The van der Waals surface area contributed by atoms with E-state index >= 15 is 0 Å². The maximum atomic E-state index is 10.4. The maximum Gasteiger partial charge on any atom is 0 e. The standard InChI is InChI=1S/C16H35O4P.2Na.Zn.2H/c1-2-3-4-5-6-7-8-9-10-11-12-13-14-15-16-20-21(17,18)19;;;;;/h2-16H2,1H3,(H2,17,18,19);;;;;. The van der Waals surface area contributed by atoms with Crippen LogP contribution in [0.4, 0.5) is 0 Å². The molecule has 4 nitrogen and oxygen atoms in total. The molecule has 0 saturated carbocycles. The van der Waals surface area contributed by atoms with Crippen molar-refractivity contribution in [3.8, 4) is 0 Å². The maximum absolute atomic E-state index is 10.4. The Morgan fingerprint density at radius 2 is 0.958 bits per heavy atom. The summed E-state index contributed by atoms with van der Waals surface area (Å²) in [6.07, 6.45) is 17.8. The molecule has 0 amide bonds. The van der Waals surface area contributed by atoms with E-state index in [2.05, 4.69) is 11.4 Å². The van der Waals surface area contributed by atoms with Gasteiger partial charge in [-0.25, -0.2) is 4.57 Å². The predicted molar refractivity (Wildman–Crippen MR) is 103 cm³/mol. The van der Waals surface area contributed by atoms with Crippen molar-refractivity contribution in [3.05, 3.63) is 0 Å².